The Hall–Kier alpha value is -2.18. The monoisotopic (exact) mass is 570 g/mol. The van der Waals surface area contributed by atoms with Crippen molar-refractivity contribution >= 4 is 54.2 Å². The van der Waals surface area contributed by atoms with Gasteiger partial charge in [-0.3, -0.25) is 9.69 Å². The van der Waals surface area contributed by atoms with Crippen LogP contribution >= 0.6 is 22.9 Å². The fraction of sp³-hybridized carbons (Fsp3) is 0.440. The smallest absolute Gasteiger partial charge is 0.243 e. The molecule has 0 bridgehead atoms. The highest BCUT2D eigenvalue weighted by molar-refractivity contribution is 7.89. The molecule has 0 saturated carbocycles. The van der Waals surface area contributed by atoms with E-state index in [4.69, 9.17) is 11.6 Å². The molecule has 2 heterocycles. The van der Waals surface area contributed by atoms with E-state index in [1.54, 1.807) is 4.90 Å². The molecule has 1 aliphatic heterocycles. The van der Waals surface area contributed by atoms with Gasteiger partial charge in [-0.25, -0.2) is 22.2 Å². The minimum absolute atomic E-state index is 0.0333. The number of benzene rings is 2. The standard InChI is InChI=1S/C25H29ClF2N4O3S2/c1-3-30(4-2)13-14-32(25-29-23-21(28)15-19(27)16-22(23)36-25)24(33)17-9-11-31(12-10-17)37(34,35)20-7-5-18(26)6-8-20/h5-8,15-17H,3-4,9-14H2,1-2H3. The number of halogens is 3. The van der Waals surface area contributed by atoms with Crippen molar-refractivity contribution in [1.82, 2.24) is 14.2 Å². The summed E-state index contributed by atoms with van der Waals surface area (Å²) in [7, 11) is -3.70. The Morgan fingerprint density at radius 1 is 1.11 bits per heavy atom. The van der Waals surface area contributed by atoms with E-state index in [0.717, 1.165) is 30.5 Å². The number of sulfonamides is 1. The summed E-state index contributed by atoms with van der Waals surface area (Å²) in [4.78, 5) is 21.9. The van der Waals surface area contributed by atoms with Crippen molar-refractivity contribution in [2.75, 3.05) is 44.2 Å². The number of piperidine rings is 1. The van der Waals surface area contributed by atoms with E-state index in [1.165, 1.54) is 34.6 Å². The molecule has 2 aromatic carbocycles. The highest BCUT2D eigenvalue weighted by atomic mass is 35.5. The molecular weight excluding hydrogens is 542 g/mol. The van der Waals surface area contributed by atoms with Crippen LogP contribution in [0.2, 0.25) is 5.02 Å². The van der Waals surface area contributed by atoms with E-state index < -0.39 is 27.6 Å². The topological polar surface area (TPSA) is 73.8 Å². The van der Waals surface area contributed by atoms with Gasteiger partial charge < -0.3 is 4.90 Å². The van der Waals surface area contributed by atoms with Gasteiger partial charge in [0.15, 0.2) is 10.9 Å². The van der Waals surface area contributed by atoms with Crippen LogP contribution in [0, 0.1) is 17.6 Å². The molecule has 0 spiro atoms. The second-order valence-corrected chi connectivity index (χ2v) is 12.3. The lowest BCUT2D eigenvalue weighted by Gasteiger charge is -2.33. The molecule has 37 heavy (non-hydrogen) atoms. The molecule has 0 atom stereocenters. The molecule has 1 saturated heterocycles. The quantitative estimate of drug-likeness (QED) is 0.362. The Kier molecular flexibility index (Phi) is 8.80. The second kappa shape index (κ2) is 11.7. The first-order valence-electron chi connectivity index (χ1n) is 12.2. The first-order chi connectivity index (χ1) is 17.6. The number of nitrogens with zero attached hydrogens (tertiary/aromatic N) is 4. The summed E-state index contributed by atoms with van der Waals surface area (Å²) in [5.74, 6) is -2.07. The third kappa shape index (κ3) is 6.12. The maximum Gasteiger partial charge on any atom is 0.243 e. The maximum atomic E-state index is 14.3. The third-order valence-corrected chi connectivity index (χ3v) is 9.88. The van der Waals surface area contributed by atoms with Crippen LogP contribution in [0.25, 0.3) is 10.2 Å². The molecule has 3 aromatic rings. The molecule has 0 radical (unpaired) electrons. The fourth-order valence-corrected chi connectivity index (χ4v) is 7.09. The van der Waals surface area contributed by atoms with Gasteiger partial charge in [0, 0.05) is 43.2 Å². The zero-order valence-corrected chi connectivity index (χ0v) is 23.1. The van der Waals surface area contributed by atoms with Gasteiger partial charge in [0.05, 0.1) is 9.60 Å². The molecule has 1 aromatic heterocycles. The number of aromatic nitrogens is 1. The number of carbonyl (C=O) groups is 1. The van der Waals surface area contributed by atoms with Crippen LogP contribution in [-0.4, -0.2) is 67.8 Å². The number of rotatable bonds is 9. The number of fused-ring (bicyclic) bond motifs is 1. The first kappa shape index (κ1) is 27.8. The maximum absolute atomic E-state index is 14.3. The van der Waals surface area contributed by atoms with Gasteiger partial charge >= 0.3 is 0 Å². The number of hydrogen-bond donors (Lipinski definition) is 0. The van der Waals surface area contributed by atoms with Crippen LogP contribution in [0.1, 0.15) is 26.7 Å². The zero-order chi connectivity index (χ0) is 26.7. The second-order valence-electron chi connectivity index (χ2n) is 8.88. The summed E-state index contributed by atoms with van der Waals surface area (Å²) in [5.41, 5.74) is 0.0333. The Balaban J connectivity index is 1.54. The minimum Gasteiger partial charge on any atom is -0.302 e. The largest absolute Gasteiger partial charge is 0.302 e. The van der Waals surface area contributed by atoms with Gasteiger partial charge in [0.2, 0.25) is 15.9 Å². The van der Waals surface area contributed by atoms with Gasteiger partial charge in [0.1, 0.15) is 11.3 Å². The molecule has 1 aliphatic rings. The lowest BCUT2D eigenvalue weighted by Crippen LogP contribution is -2.46. The zero-order valence-electron chi connectivity index (χ0n) is 20.7. The molecular formula is C25H29ClF2N4O3S2. The van der Waals surface area contributed by atoms with E-state index in [0.29, 0.717) is 40.8 Å². The van der Waals surface area contributed by atoms with Crippen molar-refractivity contribution in [3.63, 3.8) is 0 Å². The Labute approximate surface area is 224 Å². The molecule has 0 unspecified atom stereocenters. The van der Waals surface area contributed by atoms with Gasteiger partial charge in [-0.05, 0) is 56.3 Å². The van der Waals surface area contributed by atoms with Crippen molar-refractivity contribution in [3.05, 3.63) is 53.1 Å². The van der Waals surface area contributed by atoms with Gasteiger partial charge in [-0.15, -0.1) is 0 Å². The highest BCUT2D eigenvalue weighted by Gasteiger charge is 2.35. The number of likely N-dealkylation sites (N-methyl/N-ethyl adjacent to an activating group) is 1. The normalized spacial score (nSPS) is 15.5. The van der Waals surface area contributed by atoms with Gasteiger partial charge in [-0.1, -0.05) is 36.8 Å². The Bertz CT molecular complexity index is 1360. The van der Waals surface area contributed by atoms with Crippen LogP contribution in [0.5, 0.6) is 0 Å². The fourth-order valence-electron chi connectivity index (χ4n) is 4.46. The molecule has 0 aliphatic carbocycles. The van der Waals surface area contributed by atoms with E-state index in [1.807, 2.05) is 13.8 Å². The average molecular weight is 571 g/mol. The highest BCUT2D eigenvalue weighted by Crippen LogP contribution is 2.33. The van der Waals surface area contributed by atoms with Crippen LogP contribution in [0.4, 0.5) is 13.9 Å². The van der Waals surface area contributed by atoms with Crippen molar-refractivity contribution in [2.24, 2.45) is 5.92 Å². The number of amides is 1. The van der Waals surface area contributed by atoms with Crippen LogP contribution in [-0.2, 0) is 14.8 Å². The third-order valence-electron chi connectivity index (χ3n) is 6.69. The first-order valence-corrected chi connectivity index (χ1v) is 14.8. The van der Waals surface area contributed by atoms with Crippen molar-refractivity contribution < 1.29 is 22.0 Å². The predicted molar refractivity (Wildman–Crippen MR) is 143 cm³/mol. The summed E-state index contributed by atoms with van der Waals surface area (Å²) in [6.45, 7) is 7.00. The number of thiazole rings is 1. The molecule has 4 rings (SSSR count). The van der Waals surface area contributed by atoms with Gasteiger partial charge in [-0.2, -0.15) is 4.31 Å². The van der Waals surface area contributed by atoms with Crippen molar-refractivity contribution in [3.8, 4) is 0 Å². The van der Waals surface area contributed by atoms with Crippen molar-refractivity contribution in [2.45, 2.75) is 31.6 Å². The van der Waals surface area contributed by atoms with Crippen LogP contribution in [0.3, 0.4) is 0 Å². The van der Waals surface area contributed by atoms with E-state index >= 15 is 0 Å². The minimum atomic E-state index is -3.70. The predicted octanol–water partition coefficient (Wildman–Crippen LogP) is 5.00. The Morgan fingerprint density at radius 2 is 1.76 bits per heavy atom. The SMILES string of the molecule is CCN(CC)CCN(C(=O)C1CCN(S(=O)(=O)c2ccc(Cl)cc2)CC1)c1nc2c(F)cc(F)cc2s1. The van der Waals surface area contributed by atoms with Crippen LogP contribution in [0.15, 0.2) is 41.3 Å². The van der Waals surface area contributed by atoms with E-state index in [-0.39, 0.29) is 29.4 Å². The lowest BCUT2D eigenvalue weighted by molar-refractivity contribution is -0.123. The average Bonchev–Trinajstić information content (AvgIpc) is 3.31. The molecule has 1 fully saturated rings. The summed E-state index contributed by atoms with van der Waals surface area (Å²) in [6.07, 6.45) is 0.697. The number of anilines is 1. The molecule has 200 valence electrons. The molecule has 0 N–H and O–H groups in total. The van der Waals surface area contributed by atoms with E-state index in [9.17, 15) is 22.0 Å². The van der Waals surface area contributed by atoms with E-state index in [2.05, 4.69) is 9.88 Å². The number of hydrogen-bond acceptors (Lipinski definition) is 6. The summed E-state index contributed by atoms with van der Waals surface area (Å²) < 4.78 is 55.9. The summed E-state index contributed by atoms with van der Waals surface area (Å²) in [5, 5.41) is 0.762. The lowest BCUT2D eigenvalue weighted by atomic mass is 9.96. The molecule has 1 amide bonds. The van der Waals surface area contributed by atoms with Crippen LogP contribution < -0.4 is 4.90 Å². The summed E-state index contributed by atoms with van der Waals surface area (Å²) in [6, 6.07) is 8.01. The molecule has 12 heteroatoms. The Morgan fingerprint density at radius 3 is 2.38 bits per heavy atom. The van der Waals surface area contributed by atoms with Gasteiger partial charge in [0.25, 0.3) is 0 Å². The molecule has 7 nitrogen and oxygen atoms in total. The number of carbonyl (C=O) groups excluding carboxylic acids is 1. The van der Waals surface area contributed by atoms with Crippen molar-refractivity contribution in [1.29, 1.82) is 0 Å². The summed E-state index contributed by atoms with van der Waals surface area (Å²) >= 11 is 6.96.